The quantitative estimate of drug-likeness (QED) is 0.638. The zero-order chi connectivity index (χ0) is 13.0. The van der Waals surface area contributed by atoms with Gasteiger partial charge in [0.05, 0.1) is 4.92 Å². The van der Waals surface area contributed by atoms with Gasteiger partial charge in [0.25, 0.3) is 5.69 Å². The molecule has 5 heteroatoms. The smallest absolute Gasteiger partial charge is 0.272 e. The molecule has 1 heterocycles. The molecule has 1 aliphatic heterocycles. The maximum atomic E-state index is 10.7. The largest absolute Gasteiger partial charge is 0.381 e. The Balaban J connectivity index is 2.05. The van der Waals surface area contributed by atoms with Crippen LogP contribution in [0.3, 0.4) is 0 Å². The van der Waals surface area contributed by atoms with Crippen molar-refractivity contribution in [2.45, 2.75) is 32.2 Å². The molecule has 2 N–H and O–H groups in total. The van der Waals surface area contributed by atoms with Gasteiger partial charge in [0, 0.05) is 29.9 Å². The Bertz CT molecular complexity index is 426. The SMILES string of the molecule is Cc1cc(NC2CCCCNC2)ccc1[N+](=O)[O-]. The molecular weight excluding hydrogens is 230 g/mol. The molecule has 0 aliphatic carbocycles. The van der Waals surface area contributed by atoms with Gasteiger partial charge in [-0.05, 0) is 38.4 Å². The van der Waals surface area contributed by atoms with Crippen LogP contribution in [0.2, 0.25) is 0 Å². The summed E-state index contributed by atoms with van der Waals surface area (Å²) in [6.07, 6.45) is 3.58. The van der Waals surface area contributed by atoms with Crippen LogP contribution in [0.15, 0.2) is 18.2 Å². The van der Waals surface area contributed by atoms with E-state index in [-0.39, 0.29) is 10.6 Å². The lowest BCUT2D eigenvalue weighted by Gasteiger charge is -2.18. The Hall–Kier alpha value is -1.62. The van der Waals surface area contributed by atoms with Gasteiger partial charge in [0.2, 0.25) is 0 Å². The Morgan fingerprint density at radius 2 is 2.28 bits per heavy atom. The van der Waals surface area contributed by atoms with Crippen molar-refractivity contribution < 1.29 is 4.92 Å². The van der Waals surface area contributed by atoms with Crippen molar-refractivity contribution in [2.75, 3.05) is 18.4 Å². The molecule has 1 fully saturated rings. The highest BCUT2D eigenvalue weighted by molar-refractivity contribution is 5.54. The van der Waals surface area contributed by atoms with Crippen LogP contribution in [0.25, 0.3) is 0 Å². The third-order valence-corrected chi connectivity index (χ3v) is 3.31. The van der Waals surface area contributed by atoms with E-state index in [9.17, 15) is 10.1 Å². The highest BCUT2D eigenvalue weighted by atomic mass is 16.6. The van der Waals surface area contributed by atoms with Crippen LogP contribution in [-0.2, 0) is 0 Å². The number of nitrogens with zero attached hydrogens (tertiary/aromatic N) is 1. The summed E-state index contributed by atoms with van der Waals surface area (Å²) in [7, 11) is 0. The van der Waals surface area contributed by atoms with E-state index >= 15 is 0 Å². The van der Waals surface area contributed by atoms with Crippen molar-refractivity contribution >= 4 is 11.4 Å². The van der Waals surface area contributed by atoms with Crippen LogP contribution in [0.5, 0.6) is 0 Å². The van der Waals surface area contributed by atoms with Crippen molar-refractivity contribution in [3.8, 4) is 0 Å². The van der Waals surface area contributed by atoms with Gasteiger partial charge < -0.3 is 10.6 Å². The second-order valence-corrected chi connectivity index (χ2v) is 4.80. The van der Waals surface area contributed by atoms with E-state index in [1.807, 2.05) is 6.07 Å². The molecule has 0 aromatic heterocycles. The Morgan fingerprint density at radius 3 is 3.00 bits per heavy atom. The van der Waals surface area contributed by atoms with E-state index in [4.69, 9.17) is 0 Å². The fourth-order valence-corrected chi connectivity index (χ4v) is 2.33. The monoisotopic (exact) mass is 249 g/mol. The number of aryl methyl sites for hydroxylation is 1. The third kappa shape index (κ3) is 3.20. The molecule has 0 amide bonds. The summed E-state index contributed by atoms with van der Waals surface area (Å²) in [4.78, 5) is 10.4. The zero-order valence-electron chi connectivity index (χ0n) is 10.6. The van der Waals surface area contributed by atoms with Crippen LogP contribution in [-0.4, -0.2) is 24.1 Å². The first kappa shape index (κ1) is 12.8. The minimum Gasteiger partial charge on any atom is -0.381 e. The first-order valence-corrected chi connectivity index (χ1v) is 6.39. The molecule has 1 aliphatic rings. The Labute approximate surface area is 107 Å². The van der Waals surface area contributed by atoms with Gasteiger partial charge in [-0.25, -0.2) is 0 Å². The molecule has 1 atom stereocenters. The fourth-order valence-electron chi connectivity index (χ4n) is 2.33. The average Bonchev–Trinajstić information content (AvgIpc) is 2.57. The molecule has 1 aromatic carbocycles. The highest BCUT2D eigenvalue weighted by Gasteiger charge is 2.14. The Morgan fingerprint density at radius 1 is 1.44 bits per heavy atom. The number of nitro benzene ring substituents is 1. The molecule has 1 unspecified atom stereocenters. The number of benzene rings is 1. The number of hydrogen-bond acceptors (Lipinski definition) is 4. The van der Waals surface area contributed by atoms with E-state index in [2.05, 4.69) is 10.6 Å². The first-order valence-electron chi connectivity index (χ1n) is 6.39. The van der Waals surface area contributed by atoms with Crippen LogP contribution >= 0.6 is 0 Å². The van der Waals surface area contributed by atoms with E-state index in [1.165, 1.54) is 12.8 Å². The van der Waals surface area contributed by atoms with Crippen LogP contribution in [0.1, 0.15) is 24.8 Å². The lowest BCUT2D eigenvalue weighted by molar-refractivity contribution is -0.385. The standard InChI is InChI=1S/C13H19N3O2/c1-10-8-11(5-6-13(10)16(17)18)15-12-4-2-3-7-14-9-12/h5-6,8,12,14-15H,2-4,7,9H2,1H3. The second kappa shape index (κ2) is 5.82. The molecule has 2 rings (SSSR count). The summed E-state index contributed by atoms with van der Waals surface area (Å²) in [6, 6.07) is 5.62. The van der Waals surface area contributed by atoms with Crippen molar-refractivity contribution in [3.05, 3.63) is 33.9 Å². The van der Waals surface area contributed by atoms with Gasteiger partial charge in [0.1, 0.15) is 0 Å². The number of anilines is 1. The van der Waals surface area contributed by atoms with E-state index in [0.29, 0.717) is 11.6 Å². The predicted octanol–water partition coefficient (Wildman–Crippen LogP) is 2.46. The fraction of sp³-hybridized carbons (Fsp3) is 0.538. The maximum absolute atomic E-state index is 10.7. The van der Waals surface area contributed by atoms with Gasteiger partial charge in [-0.1, -0.05) is 6.42 Å². The summed E-state index contributed by atoms with van der Waals surface area (Å²) in [5.74, 6) is 0. The maximum Gasteiger partial charge on any atom is 0.272 e. The van der Waals surface area contributed by atoms with Crippen LogP contribution < -0.4 is 10.6 Å². The molecule has 5 nitrogen and oxygen atoms in total. The second-order valence-electron chi connectivity index (χ2n) is 4.80. The number of rotatable bonds is 3. The lowest BCUT2D eigenvalue weighted by Crippen LogP contribution is -2.30. The minimum absolute atomic E-state index is 0.180. The molecule has 0 bridgehead atoms. The molecular formula is C13H19N3O2. The number of nitrogens with one attached hydrogen (secondary N) is 2. The molecule has 0 saturated carbocycles. The van der Waals surface area contributed by atoms with Gasteiger partial charge in [-0.3, -0.25) is 10.1 Å². The third-order valence-electron chi connectivity index (χ3n) is 3.31. The van der Waals surface area contributed by atoms with E-state index in [1.54, 1.807) is 19.1 Å². The van der Waals surface area contributed by atoms with Gasteiger partial charge in [-0.15, -0.1) is 0 Å². The summed E-state index contributed by atoms with van der Waals surface area (Å²) in [6.45, 7) is 3.81. The van der Waals surface area contributed by atoms with E-state index in [0.717, 1.165) is 25.2 Å². The average molecular weight is 249 g/mol. The summed E-state index contributed by atoms with van der Waals surface area (Å²) >= 11 is 0. The Kier molecular flexibility index (Phi) is 4.15. The topological polar surface area (TPSA) is 67.2 Å². The number of hydrogen-bond donors (Lipinski definition) is 2. The summed E-state index contributed by atoms with van der Waals surface area (Å²) in [5, 5.41) is 17.6. The molecule has 0 radical (unpaired) electrons. The van der Waals surface area contributed by atoms with Crippen molar-refractivity contribution in [3.63, 3.8) is 0 Å². The first-order chi connectivity index (χ1) is 8.66. The summed E-state index contributed by atoms with van der Waals surface area (Å²) < 4.78 is 0. The normalized spacial score (nSPS) is 20.2. The summed E-state index contributed by atoms with van der Waals surface area (Å²) in [5.41, 5.74) is 1.85. The van der Waals surface area contributed by atoms with E-state index < -0.39 is 0 Å². The highest BCUT2D eigenvalue weighted by Crippen LogP contribution is 2.22. The van der Waals surface area contributed by atoms with Crippen molar-refractivity contribution in [2.24, 2.45) is 0 Å². The van der Waals surface area contributed by atoms with Gasteiger partial charge in [0.15, 0.2) is 0 Å². The molecule has 1 saturated heterocycles. The molecule has 0 spiro atoms. The minimum atomic E-state index is -0.341. The van der Waals surface area contributed by atoms with Gasteiger partial charge in [-0.2, -0.15) is 0 Å². The molecule has 98 valence electrons. The van der Waals surface area contributed by atoms with Gasteiger partial charge >= 0.3 is 0 Å². The zero-order valence-corrected chi connectivity index (χ0v) is 10.6. The molecule has 1 aromatic rings. The van der Waals surface area contributed by atoms with Crippen molar-refractivity contribution in [1.29, 1.82) is 0 Å². The lowest BCUT2D eigenvalue weighted by atomic mass is 10.1. The molecule has 18 heavy (non-hydrogen) atoms. The van der Waals surface area contributed by atoms with Crippen LogP contribution in [0, 0.1) is 17.0 Å². The van der Waals surface area contributed by atoms with Crippen LogP contribution in [0.4, 0.5) is 11.4 Å². The number of nitro groups is 1. The van der Waals surface area contributed by atoms with Crippen molar-refractivity contribution in [1.82, 2.24) is 5.32 Å². The predicted molar refractivity (Wildman–Crippen MR) is 72.0 cm³/mol.